The molecule has 0 saturated carbocycles. The molecule has 0 aromatic carbocycles. The zero-order valence-electron chi connectivity index (χ0n) is 10.5. The van der Waals surface area contributed by atoms with E-state index in [-0.39, 0.29) is 0 Å². The van der Waals surface area contributed by atoms with Crippen LogP contribution in [0.4, 0.5) is 0 Å². The van der Waals surface area contributed by atoms with Gasteiger partial charge in [0.1, 0.15) is 18.2 Å². The molecule has 1 heterocycles. The molecular weight excluding hydrogens is 222 g/mol. The minimum absolute atomic E-state index is 0.300. The van der Waals surface area contributed by atoms with Crippen molar-refractivity contribution in [2.45, 2.75) is 32.7 Å². The predicted molar refractivity (Wildman–Crippen MR) is 61.7 cm³/mol. The molecule has 1 aromatic heterocycles. The van der Waals surface area contributed by atoms with Crippen molar-refractivity contribution in [1.29, 1.82) is 0 Å². The van der Waals surface area contributed by atoms with Crippen LogP contribution in [0.1, 0.15) is 32.1 Å². The number of hydrogen-bond acceptors (Lipinski definition) is 4. The number of ether oxygens (including phenoxy) is 1. The molecule has 0 spiro atoms. The molecule has 17 heavy (non-hydrogen) atoms. The maximum atomic E-state index is 11.3. The first-order valence-electron chi connectivity index (χ1n) is 5.66. The van der Waals surface area contributed by atoms with Crippen LogP contribution < -0.4 is 0 Å². The van der Waals surface area contributed by atoms with Gasteiger partial charge in [0, 0.05) is 13.5 Å². The van der Waals surface area contributed by atoms with E-state index in [0.29, 0.717) is 31.2 Å². The van der Waals surface area contributed by atoms with Gasteiger partial charge in [0.05, 0.1) is 6.61 Å². The first-order chi connectivity index (χ1) is 8.06. The molecule has 0 radical (unpaired) electrons. The second-order valence-corrected chi connectivity index (χ2v) is 4.38. The van der Waals surface area contributed by atoms with Crippen LogP contribution in [0.3, 0.4) is 0 Å². The van der Waals surface area contributed by atoms with E-state index in [0.717, 1.165) is 0 Å². The zero-order chi connectivity index (χ0) is 12.8. The summed E-state index contributed by atoms with van der Waals surface area (Å²) in [5, 5.41) is 16.9. The lowest BCUT2D eigenvalue weighted by Gasteiger charge is -2.17. The SMILES string of the molecule is COCCc1nncn1C(CC(C)C)C(=O)O. The summed E-state index contributed by atoms with van der Waals surface area (Å²) in [6, 6.07) is -0.600. The molecule has 0 bridgehead atoms. The number of carboxylic acids is 1. The van der Waals surface area contributed by atoms with Crippen LogP contribution >= 0.6 is 0 Å². The number of carbonyl (C=O) groups is 1. The normalized spacial score (nSPS) is 12.9. The lowest BCUT2D eigenvalue weighted by atomic mass is 10.0. The number of hydrogen-bond donors (Lipinski definition) is 1. The minimum atomic E-state index is -0.850. The second-order valence-electron chi connectivity index (χ2n) is 4.38. The lowest BCUT2D eigenvalue weighted by Crippen LogP contribution is -2.22. The fourth-order valence-electron chi connectivity index (χ4n) is 1.68. The highest BCUT2D eigenvalue weighted by atomic mass is 16.5. The van der Waals surface area contributed by atoms with Gasteiger partial charge in [0.2, 0.25) is 0 Å². The van der Waals surface area contributed by atoms with Crippen LogP contribution in [0, 0.1) is 5.92 Å². The van der Waals surface area contributed by atoms with Crippen molar-refractivity contribution in [3.8, 4) is 0 Å². The number of nitrogens with zero attached hydrogens (tertiary/aromatic N) is 3. The van der Waals surface area contributed by atoms with Crippen molar-refractivity contribution < 1.29 is 14.6 Å². The van der Waals surface area contributed by atoms with Crippen molar-refractivity contribution >= 4 is 5.97 Å². The van der Waals surface area contributed by atoms with E-state index < -0.39 is 12.0 Å². The van der Waals surface area contributed by atoms with Crippen molar-refractivity contribution in [3.63, 3.8) is 0 Å². The van der Waals surface area contributed by atoms with Gasteiger partial charge in [0.25, 0.3) is 0 Å². The Labute approximate surface area is 101 Å². The molecule has 96 valence electrons. The van der Waals surface area contributed by atoms with Gasteiger partial charge >= 0.3 is 5.97 Å². The molecule has 0 aliphatic carbocycles. The molecule has 6 nitrogen and oxygen atoms in total. The average molecular weight is 241 g/mol. The molecule has 1 N–H and O–H groups in total. The zero-order valence-corrected chi connectivity index (χ0v) is 10.5. The molecule has 0 aliphatic heterocycles. The van der Waals surface area contributed by atoms with E-state index in [4.69, 9.17) is 4.74 Å². The number of aromatic nitrogens is 3. The molecule has 0 amide bonds. The number of aliphatic carboxylic acids is 1. The van der Waals surface area contributed by atoms with E-state index in [2.05, 4.69) is 10.2 Å². The summed E-state index contributed by atoms with van der Waals surface area (Å²) < 4.78 is 6.59. The fourth-order valence-corrected chi connectivity index (χ4v) is 1.68. The van der Waals surface area contributed by atoms with E-state index in [1.807, 2.05) is 13.8 Å². The van der Waals surface area contributed by atoms with Crippen molar-refractivity contribution in [1.82, 2.24) is 14.8 Å². The monoisotopic (exact) mass is 241 g/mol. The summed E-state index contributed by atoms with van der Waals surface area (Å²) in [7, 11) is 1.60. The van der Waals surface area contributed by atoms with Crippen LogP contribution in [-0.4, -0.2) is 39.6 Å². The van der Waals surface area contributed by atoms with Gasteiger partial charge in [-0.2, -0.15) is 0 Å². The van der Waals surface area contributed by atoms with Gasteiger partial charge in [0.15, 0.2) is 0 Å². The summed E-state index contributed by atoms with van der Waals surface area (Å²) in [4.78, 5) is 11.3. The van der Waals surface area contributed by atoms with E-state index in [1.165, 1.54) is 6.33 Å². The molecule has 1 unspecified atom stereocenters. The van der Waals surface area contributed by atoms with Crippen LogP contribution in [0.5, 0.6) is 0 Å². The topological polar surface area (TPSA) is 77.2 Å². The maximum absolute atomic E-state index is 11.3. The van der Waals surface area contributed by atoms with Gasteiger partial charge in [-0.25, -0.2) is 4.79 Å². The van der Waals surface area contributed by atoms with Crippen molar-refractivity contribution in [2.75, 3.05) is 13.7 Å². The Bertz CT molecular complexity index is 363. The van der Waals surface area contributed by atoms with Crippen molar-refractivity contribution in [2.24, 2.45) is 5.92 Å². The number of rotatable bonds is 7. The molecule has 0 saturated heterocycles. The van der Waals surface area contributed by atoms with Crippen LogP contribution in [-0.2, 0) is 16.0 Å². The summed E-state index contributed by atoms with van der Waals surface area (Å²) in [6.07, 6.45) is 2.61. The molecular formula is C11H19N3O3. The van der Waals surface area contributed by atoms with Gasteiger partial charge < -0.3 is 14.4 Å². The molecule has 1 atom stereocenters. The third-order valence-corrected chi connectivity index (χ3v) is 2.49. The fraction of sp³-hybridized carbons (Fsp3) is 0.727. The predicted octanol–water partition coefficient (Wildman–Crippen LogP) is 1.14. The highest BCUT2D eigenvalue weighted by Gasteiger charge is 2.23. The number of methoxy groups -OCH3 is 1. The first-order valence-corrected chi connectivity index (χ1v) is 5.66. The first kappa shape index (κ1) is 13.6. The second kappa shape index (κ2) is 6.34. The van der Waals surface area contributed by atoms with E-state index in [1.54, 1.807) is 11.7 Å². The summed E-state index contributed by atoms with van der Waals surface area (Å²) >= 11 is 0. The summed E-state index contributed by atoms with van der Waals surface area (Å²) in [6.45, 7) is 4.50. The van der Waals surface area contributed by atoms with E-state index in [9.17, 15) is 9.90 Å². The Kier molecular flexibility index (Phi) is 5.09. The maximum Gasteiger partial charge on any atom is 0.326 e. The van der Waals surface area contributed by atoms with E-state index >= 15 is 0 Å². The Balaban J connectivity index is 2.86. The molecule has 0 fully saturated rings. The third-order valence-electron chi connectivity index (χ3n) is 2.49. The molecule has 1 aromatic rings. The van der Waals surface area contributed by atoms with Crippen LogP contribution in [0.25, 0.3) is 0 Å². The number of carboxylic acid groups (broad SMARTS) is 1. The Morgan fingerprint density at radius 3 is 2.82 bits per heavy atom. The summed E-state index contributed by atoms with van der Waals surface area (Å²) in [5.41, 5.74) is 0. The Morgan fingerprint density at radius 2 is 2.29 bits per heavy atom. The van der Waals surface area contributed by atoms with Gasteiger partial charge in [-0.05, 0) is 12.3 Å². The van der Waals surface area contributed by atoms with Crippen molar-refractivity contribution in [3.05, 3.63) is 12.2 Å². The van der Waals surface area contributed by atoms with Crippen LogP contribution in [0.2, 0.25) is 0 Å². The quantitative estimate of drug-likeness (QED) is 0.774. The van der Waals surface area contributed by atoms with Gasteiger partial charge in [-0.15, -0.1) is 10.2 Å². The molecule has 6 heteroatoms. The highest BCUT2D eigenvalue weighted by Crippen LogP contribution is 2.19. The largest absolute Gasteiger partial charge is 0.480 e. The highest BCUT2D eigenvalue weighted by molar-refractivity contribution is 5.71. The molecule has 1 rings (SSSR count). The molecule has 0 aliphatic rings. The Morgan fingerprint density at radius 1 is 1.59 bits per heavy atom. The summed E-state index contributed by atoms with van der Waals surface area (Å²) in [5.74, 6) is 0.103. The van der Waals surface area contributed by atoms with Crippen LogP contribution in [0.15, 0.2) is 6.33 Å². The third kappa shape index (κ3) is 3.81. The smallest absolute Gasteiger partial charge is 0.326 e. The Hall–Kier alpha value is -1.43. The van der Waals surface area contributed by atoms with Gasteiger partial charge in [-0.1, -0.05) is 13.8 Å². The standard InChI is InChI=1S/C11H19N3O3/c1-8(2)6-9(11(15)16)14-7-12-13-10(14)4-5-17-3/h7-9H,4-6H2,1-3H3,(H,15,16). The lowest BCUT2D eigenvalue weighted by molar-refractivity contribution is -0.141. The minimum Gasteiger partial charge on any atom is -0.480 e. The average Bonchev–Trinajstić information content (AvgIpc) is 2.70. The van der Waals surface area contributed by atoms with Gasteiger partial charge in [-0.3, -0.25) is 0 Å².